The van der Waals surface area contributed by atoms with Crippen molar-refractivity contribution in [1.82, 2.24) is 14.8 Å². The van der Waals surface area contributed by atoms with E-state index >= 15 is 0 Å². The summed E-state index contributed by atoms with van der Waals surface area (Å²) < 4.78 is 43.2. The first kappa shape index (κ1) is 28.6. The second kappa shape index (κ2) is 12.0. The summed E-state index contributed by atoms with van der Waals surface area (Å²) in [6.45, 7) is 0. The number of carbonyl (C=O) groups is 1. The number of carboxylic acid groups (broad SMARTS) is 1. The van der Waals surface area contributed by atoms with Gasteiger partial charge in [-0.3, -0.25) is 0 Å². The number of thiazole rings is 1. The number of aromatic carboxylic acids is 1. The van der Waals surface area contributed by atoms with E-state index in [4.69, 9.17) is 10.2 Å². The summed E-state index contributed by atoms with van der Waals surface area (Å²) in [5.74, 6) is -1.19. The first-order valence-electron chi connectivity index (χ1n) is 14.0. The van der Waals surface area contributed by atoms with E-state index in [9.17, 15) is 22.9 Å². The minimum Gasteiger partial charge on any atom is -0.476 e. The number of rotatable bonds is 10. The Labute approximate surface area is 248 Å². The van der Waals surface area contributed by atoms with Crippen LogP contribution in [0.4, 0.5) is 8.78 Å². The highest BCUT2D eigenvalue weighted by Gasteiger charge is 2.30. The minimum absolute atomic E-state index is 0.0379. The molecule has 6 rings (SSSR count). The van der Waals surface area contributed by atoms with Crippen LogP contribution in [0.25, 0.3) is 22.5 Å². The van der Waals surface area contributed by atoms with Gasteiger partial charge in [0.15, 0.2) is 22.5 Å². The van der Waals surface area contributed by atoms with Crippen molar-refractivity contribution in [2.45, 2.75) is 56.3 Å². The zero-order chi connectivity index (χ0) is 29.4. The number of hydrogen-bond acceptors (Lipinski definition) is 5. The predicted octanol–water partition coefficient (Wildman–Crippen LogP) is 6.65. The smallest absolute Gasteiger partial charge is 0.355 e. The molecule has 2 aliphatic carbocycles. The molecule has 2 aromatic carbocycles. The topological polar surface area (TPSA) is 111 Å². The minimum atomic E-state index is -2.32. The molecule has 2 aromatic heterocycles. The normalized spacial score (nSPS) is 16.5. The van der Waals surface area contributed by atoms with Crippen LogP contribution in [0.2, 0.25) is 0 Å². The van der Waals surface area contributed by atoms with Gasteiger partial charge in [-0.1, -0.05) is 35.3 Å². The van der Waals surface area contributed by atoms with Crippen molar-refractivity contribution < 1.29 is 22.9 Å². The van der Waals surface area contributed by atoms with E-state index in [1.54, 1.807) is 22.9 Å². The first-order valence-corrected chi connectivity index (χ1v) is 16.3. The monoisotopic (exact) mass is 609 g/mol. The third-order valence-corrected chi connectivity index (χ3v) is 9.66. The number of carboxylic acids is 1. The van der Waals surface area contributed by atoms with Crippen molar-refractivity contribution in [2.24, 2.45) is 17.0 Å². The Hall–Kier alpha value is -3.54. The molecule has 0 saturated heterocycles. The van der Waals surface area contributed by atoms with Crippen LogP contribution in [0.5, 0.6) is 0 Å². The summed E-state index contributed by atoms with van der Waals surface area (Å²) in [6.07, 6.45) is 11.6. The lowest BCUT2D eigenvalue weighted by molar-refractivity contribution is 0.0691. The molecule has 2 saturated carbocycles. The number of aromatic nitrogens is 3. The van der Waals surface area contributed by atoms with E-state index in [2.05, 4.69) is 11.1 Å². The Balaban J connectivity index is 1.48. The number of benzene rings is 2. The van der Waals surface area contributed by atoms with E-state index in [1.807, 2.05) is 6.08 Å². The maximum absolute atomic E-state index is 14.9. The lowest BCUT2D eigenvalue weighted by Gasteiger charge is -2.10. The molecule has 218 valence electrons. The molecular weight excluding hydrogens is 578 g/mol. The maximum Gasteiger partial charge on any atom is 0.355 e. The van der Waals surface area contributed by atoms with Crippen LogP contribution in [0.1, 0.15) is 71.4 Å². The van der Waals surface area contributed by atoms with E-state index in [1.165, 1.54) is 47.8 Å². The summed E-state index contributed by atoms with van der Waals surface area (Å²) >= 11 is 1.18. The van der Waals surface area contributed by atoms with Crippen molar-refractivity contribution >= 4 is 34.4 Å². The van der Waals surface area contributed by atoms with Crippen molar-refractivity contribution in [3.05, 3.63) is 87.6 Å². The van der Waals surface area contributed by atoms with Crippen molar-refractivity contribution in [2.75, 3.05) is 0 Å². The number of allylic oxidation sites excluding steroid dienone is 1. The molecule has 3 N–H and O–H groups in total. The highest BCUT2D eigenvalue weighted by atomic mass is 32.2. The molecule has 2 aliphatic rings. The fraction of sp³-hybridized carbons (Fsp3) is 0.323. The Morgan fingerprint density at radius 3 is 2.57 bits per heavy atom. The van der Waals surface area contributed by atoms with Crippen LogP contribution >= 0.6 is 11.3 Å². The van der Waals surface area contributed by atoms with Gasteiger partial charge in [-0.25, -0.2) is 23.2 Å². The van der Waals surface area contributed by atoms with Crippen LogP contribution in [0, 0.1) is 23.5 Å². The molecule has 0 spiro atoms. The third-order valence-electron chi connectivity index (χ3n) is 8.01. The standard InChI is InChI=1S/C31H30F2N4O3S2/c32-24-11-10-22(16-21(24)9-7-18-3-1-2-4-18)29-23(13-20-8-12-28(42(34)40)25(33)14-20)27(15-19-5-6-19)37(36-29)31-35-26(17-41-31)30(38)39/h7-12,14,16-19H,1-6,13,15H2,(H2,34,40)(H,38,39)/p+1/b9-7+. The molecule has 1 unspecified atom stereocenters. The number of halogens is 2. The molecule has 1 atom stereocenters. The highest BCUT2D eigenvalue weighted by molar-refractivity contribution is 7.82. The van der Waals surface area contributed by atoms with Gasteiger partial charge in [0.1, 0.15) is 5.82 Å². The Bertz CT molecular complexity index is 1700. The zero-order valence-electron chi connectivity index (χ0n) is 22.8. The lowest BCUT2D eigenvalue weighted by Crippen LogP contribution is -2.07. The summed E-state index contributed by atoms with van der Waals surface area (Å²) in [5.41, 5.74) is 4.03. The molecule has 0 amide bonds. The number of nitrogens with two attached hydrogens (primary N) is 1. The van der Waals surface area contributed by atoms with Crippen molar-refractivity contribution in [3.8, 4) is 16.4 Å². The summed E-state index contributed by atoms with van der Waals surface area (Å²) in [5, 5.41) is 21.8. The average molecular weight is 610 g/mol. The highest BCUT2D eigenvalue weighted by Crippen LogP contribution is 2.38. The molecule has 4 aromatic rings. The fourth-order valence-corrected chi connectivity index (χ4v) is 6.85. The van der Waals surface area contributed by atoms with Gasteiger partial charge in [0.05, 0.1) is 11.4 Å². The van der Waals surface area contributed by atoms with Gasteiger partial charge >= 0.3 is 5.97 Å². The zero-order valence-corrected chi connectivity index (χ0v) is 24.5. The largest absolute Gasteiger partial charge is 0.476 e. The molecule has 7 nitrogen and oxygen atoms in total. The van der Waals surface area contributed by atoms with Gasteiger partial charge in [0, 0.05) is 28.5 Å². The molecule has 11 heteroatoms. The van der Waals surface area contributed by atoms with Crippen LogP contribution in [-0.4, -0.2) is 25.8 Å². The lowest BCUT2D eigenvalue weighted by atomic mass is 9.95. The van der Waals surface area contributed by atoms with Gasteiger partial charge in [-0.15, -0.1) is 16.5 Å². The summed E-state index contributed by atoms with van der Waals surface area (Å²) in [7, 11) is -2.32. The van der Waals surface area contributed by atoms with E-state index in [0.29, 0.717) is 52.2 Å². The first-order chi connectivity index (χ1) is 20.3. The molecule has 2 heterocycles. The van der Waals surface area contributed by atoms with E-state index < -0.39 is 22.8 Å². The Kier molecular flexibility index (Phi) is 8.15. The molecule has 0 aliphatic heterocycles. The molecule has 2 fully saturated rings. The summed E-state index contributed by atoms with van der Waals surface area (Å²) in [6, 6.07) is 9.39. The molecule has 0 radical (unpaired) electrons. The SMILES string of the molecule is N[SH+](=O)c1ccc(Cc2c(-c3ccc(F)c(/C=C/C4CCCC4)c3)nn(-c3nc(C(=O)O)cs3)c2CC2CC2)cc1F. The van der Waals surface area contributed by atoms with E-state index in [-0.39, 0.29) is 16.4 Å². The maximum atomic E-state index is 14.9. The van der Waals surface area contributed by atoms with Gasteiger partial charge in [0.25, 0.3) is 0 Å². The second-order valence-corrected chi connectivity index (χ2v) is 13.1. The molecule has 42 heavy (non-hydrogen) atoms. The second-order valence-electron chi connectivity index (χ2n) is 11.1. The molecule has 0 bridgehead atoms. The van der Waals surface area contributed by atoms with Crippen molar-refractivity contribution in [1.29, 1.82) is 0 Å². The van der Waals surface area contributed by atoms with Crippen molar-refractivity contribution in [3.63, 3.8) is 0 Å². The van der Waals surface area contributed by atoms with Crippen LogP contribution in [0.15, 0.2) is 52.7 Å². The third kappa shape index (κ3) is 6.13. The Morgan fingerprint density at radius 1 is 1.12 bits per heavy atom. The van der Waals surface area contributed by atoms with Gasteiger partial charge in [-0.05, 0) is 79.8 Å². The van der Waals surface area contributed by atoms with Gasteiger partial charge < -0.3 is 5.11 Å². The summed E-state index contributed by atoms with van der Waals surface area (Å²) in [4.78, 5) is 15.9. The number of nitrogens with zero attached hydrogens (tertiary/aromatic N) is 3. The van der Waals surface area contributed by atoms with E-state index in [0.717, 1.165) is 36.9 Å². The Morgan fingerprint density at radius 2 is 1.90 bits per heavy atom. The van der Waals surface area contributed by atoms with Crippen LogP contribution in [-0.2, 0) is 28.0 Å². The van der Waals surface area contributed by atoms with Gasteiger partial charge in [0.2, 0.25) is 10.0 Å². The fourth-order valence-electron chi connectivity index (χ4n) is 5.58. The average Bonchev–Trinajstić information content (AvgIpc) is 3.30. The van der Waals surface area contributed by atoms with Gasteiger partial charge in [-0.2, -0.15) is 5.10 Å². The number of hydrogen-bond donors (Lipinski definition) is 2. The van der Waals surface area contributed by atoms with Crippen LogP contribution < -0.4 is 5.14 Å². The molecular formula is C31H31F2N4O3S2+. The predicted molar refractivity (Wildman–Crippen MR) is 160 cm³/mol. The van der Waals surface area contributed by atoms with Crippen LogP contribution in [0.3, 0.4) is 0 Å². The number of thiol groups is 1. The quantitative estimate of drug-likeness (QED) is 0.155.